The molecular weight excluding hydrogens is 374 g/mol. The molecule has 1 fully saturated rings. The molecule has 4 rings (SSSR count). The summed E-state index contributed by atoms with van der Waals surface area (Å²) >= 11 is 1.57. The van der Waals surface area contributed by atoms with Gasteiger partial charge in [0.1, 0.15) is 16.5 Å². The van der Waals surface area contributed by atoms with Crippen LogP contribution in [0, 0.1) is 0 Å². The normalized spacial score (nSPS) is 20.0. The van der Waals surface area contributed by atoms with E-state index in [2.05, 4.69) is 10.4 Å². The number of pyridine rings is 1. The van der Waals surface area contributed by atoms with E-state index in [9.17, 15) is 9.59 Å². The first-order chi connectivity index (χ1) is 13.3. The van der Waals surface area contributed by atoms with E-state index >= 15 is 0 Å². The number of hydrogen-bond donors (Lipinski definition) is 0. The highest BCUT2D eigenvalue weighted by atomic mass is 32.1. The minimum absolute atomic E-state index is 0.0176. The first kappa shape index (κ1) is 18.9. The molecule has 2 amide bonds. The van der Waals surface area contributed by atoms with Gasteiger partial charge in [-0.25, -0.2) is 9.78 Å². The maximum atomic E-state index is 13.1. The maximum absolute atomic E-state index is 13.1. The fraction of sp³-hybridized carbons (Fsp3) is 0.476. The lowest BCUT2D eigenvalue weighted by Gasteiger charge is -2.30. The van der Waals surface area contributed by atoms with Gasteiger partial charge in [-0.15, -0.1) is 11.3 Å². The largest absolute Gasteiger partial charge is 0.444 e. The number of carbonyl (C=O) groups excluding carboxylic acids is 2. The molecule has 0 spiro atoms. The zero-order chi connectivity index (χ0) is 19.9. The highest BCUT2D eigenvalue weighted by molar-refractivity contribution is 7.17. The maximum Gasteiger partial charge on any atom is 0.411 e. The topological polar surface area (TPSA) is 62.7 Å². The van der Waals surface area contributed by atoms with Crippen molar-refractivity contribution < 1.29 is 14.3 Å². The van der Waals surface area contributed by atoms with Crippen molar-refractivity contribution in [2.45, 2.75) is 45.3 Å². The summed E-state index contributed by atoms with van der Waals surface area (Å²) in [6.45, 7) is 7.39. The van der Waals surface area contributed by atoms with Gasteiger partial charge < -0.3 is 9.64 Å². The minimum Gasteiger partial charge on any atom is -0.444 e. The molecule has 4 heterocycles. The molecule has 2 aromatic heterocycles. The Morgan fingerprint density at radius 3 is 2.71 bits per heavy atom. The average molecular weight is 400 g/mol. The Morgan fingerprint density at radius 2 is 2.00 bits per heavy atom. The first-order valence-electron chi connectivity index (χ1n) is 9.65. The Labute approximate surface area is 168 Å². The van der Waals surface area contributed by atoms with Gasteiger partial charge >= 0.3 is 6.09 Å². The summed E-state index contributed by atoms with van der Waals surface area (Å²) in [4.78, 5) is 34.8. The second-order valence-electron chi connectivity index (χ2n) is 8.28. The van der Waals surface area contributed by atoms with Crippen LogP contribution in [0.25, 0.3) is 15.8 Å². The standard InChI is InChI=1S/C21H25N3O3S/c1-21(2,3)27-20(26)24-12-14(11-17(24)19(25)23-9-4-5-10-23)16-13-28-18-15(16)7-6-8-22-18/h6-8,11,13,17H,4-5,9-10,12H2,1-3H3. The zero-order valence-electron chi connectivity index (χ0n) is 16.5. The number of nitrogens with zero attached hydrogens (tertiary/aromatic N) is 3. The lowest BCUT2D eigenvalue weighted by molar-refractivity contribution is -0.133. The van der Waals surface area contributed by atoms with Crippen LogP contribution >= 0.6 is 11.3 Å². The fourth-order valence-corrected chi connectivity index (χ4v) is 4.67. The SMILES string of the molecule is CC(C)(C)OC(=O)N1CC(c2csc3ncccc23)=CC1C(=O)N1CCCC1. The molecule has 1 saturated heterocycles. The smallest absolute Gasteiger partial charge is 0.411 e. The number of hydrogen-bond acceptors (Lipinski definition) is 5. The van der Waals surface area contributed by atoms with Gasteiger partial charge in [-0.05, 0) is 63.0 Å². The van der Waals surface area contributed by atoms with E-state index in [-0.39, 0.29) is 5.91 Å². The van der Waals surface area contributed by atoms with Gasteiger partial charge in [0.25, 0.3) is 0 Å². The Morgan fingerprint density at radius 1 is 1.25 bits per heavy atom. The van der Waals surface area contributed by atoms with Crippen molar-refractivity contribution in [3.05, 3.63) is 35.3 Å². The van der Waals surface area contributed by atoms with Crippen molar-refractivity contribution in [3.8, 4) is 0 Å². The van der Waals surface area contributed by atoms with Crippen molar-refractivity contribution in [1.29, 1.82) is 0 Å². The van der Waals surface area contributed by atoms with Gasteiger partial charge in [-0.3, -0.25) is 9.69 Å². The molecule has 1 atom stereocenters. The van der Waals surface area contributed by atoms with E-state index < -0.39 is 17.7 Å². The van der Waals surface area contributed by atoms with Crippen LogP contribution < -0.4 is 0 Å². The van der Waals surface area contributed by atoms with Gasteiger partial charge in [0.2, 0.25) is 5.91 Å². The van der Waals surface area contributed by atoms with Crippen molar-refractivity contribution in [2.75, 3.05) is 19.6 Å². The van der Waals surface area contributed by atoms with E-state index in [0.29, 0.717) is 6.54 Å². The third-order valence-electron chi connectivity index (χ3n) is 5.03. The number of ether oxygens (including phenoxy) is 1. The van der Waals surface area contributed by atoms with Gasteiger partial charge in [0.05, 0.1) is 6.54 Å². The van der Waals surface area contributed by atoms with Crippen LogP contribution in [0.3, 0.4) is 0 Å². The van der Waals surface area contributed by atoms with Gasteiger partial charge in [-0.1, -0.05) is 0 Å². The molecule has 2 aromatic rings. The third kappa shape index (κ3) is 3.63. The Bertz CT molecular complexity index is 938. The number of rotatable bonds is 2. The first-order valence-corrected chi connectivity index (χ1v) is 10.5. The van der Waals surface area contributed by atoms with Crippen LogP contribution in [0.4, 0.5) is 4.79 Å². The summed E-state index contributed by atoms with van der Waals surface area (Å²) in [6, 6.07) is 3.32. The molecule has 0 aliphatic carbocycles. The summed E-state index contributed by atoms with van der Waals surface area (Å²) in [5, 5.41) is 3.11. The number of carbonyl (C=O) groups is 2. The van der Waals surface area contributed by atoms with Crippen LogP contribution in [0.2, 0.25) is 0 Å². The predicted molar refractivity (Wildman–Crippen MR) is 110 cm³/mol. The van der Waals surface area contributed by atoms with Crippen molar-refractivity contribution in [2.24, 2.45) is 0 Å². The van der Waals surface area contributed by atoms with E-state index in [1.807, 2.05) is 43.9 Å². The second-order valence-corrected chi connectivity index (χ2v) is 9.14. The van der Waals surface area contributed by atoms with Crippen LogP contribution in [0.1, 0.15) is 39.2 Å². The zero-order valence-corrected chi connectivity index (χ0v) is 17.3. The van der Waals surface area contributed by atoms with Gasteiger partial charge in [0, 0.05) is 30.1 Å². The van der Waals surface area contributed by atoms with Crippen LogP contribution in [0.15, 0.2) is 29.8 Å². The molecule has 148 valence electrons. The second kappa shape index (κ2) is 7.20. The third-order valence-corrected chi connectivity index (χ3v) is 5.93. The van der Waals surface area contributed by atoms with E-state index in [4.69, 9.17) is 4.74 Å². The number of thiophene rings is 1. The molecule has 0 saturated carbocycles. The Hall–Kier alpha value is -2.41. The molecule has 2 aliphatic rings. The lowest BCUT2D eigenvalue weighted by atomic mass is 10.1. The van der Waals surface area contributed by atoms with Gasteiger partial charge in [-0.2, -0.15) is 0 Å². The number of amides is 2. The van der Waals surface area contributed by atoms with E-state index in [1.165, 1.54) is 0 Å². The fourth-order valence-electron chi connectivity index (χ4n) is 3.73. The van der Waals surface area contributed by atoms with Gasteiger partial charge in [0.15, 0.2) is 0 Å². The minimum atomic E-state index is -0.616. The molecular formula is C21H25N3O3S. The molecule has 2 aliphatic heterocycles. The predicted octanol–water partition coefficient (Wildman–Crippen LogP) is 3.92. The Kier molecular flexibility index (Phi) is 4.87. The summed E-state index contributed by atoms with van der Waals surface area (Å²) in [6.07, 6.45) is 5.29. The van der Waals surface area contributed by atoms with Crippen LogP contribution in [0.5, 0.6) is 0 Å². The molecule has 0 bridgehead atoms. The molecule has 28 heavy (non-hydrogen) atoms. The Balaban J connectivity index is 1.67. The molecule has 0 radical (unpaired) electrons. The van der Waals surface area contributed by atoms with Crippen molar-refractivity contribution >= 4 is 39.1 Å². The van der Waals surface area contributed by atoms with Crippen LogP contribution in [-0.2, 0) is 9.53 Å². The highest BCUT2D eigenvalue weighted by Crippen LogP contribution is 2.35. The van der Waals surface area contributed by atoms with E-state index in [1.54, 1.807) is 22.4 Å². The summed E-state index contributed by atoms with van der Waals surface area (Å²) in [5.74, 6) is -0.0176. The van der Waals surface area contributed by atoms with E-state index in [0.717, 1.165) is 47.3 Å². The summed E-state index contributed by atoms with van der Waals surface area (Å²) < 4.78 is 5.59. The summed E-state index contributed by atoms with van der Waals surface area (Å²) in [7, 11) is 0. The lowest BCUT2D eigenvalue weighted by Crippen LogP contribution is -2.48. The molecule has 0 N–H and O–H groups in total. The van der Waals surface area contributed by atoms with Crippen LogP contribution in [-0.4, -0.2) is 58.1 Å². The average Bonchev–Trinajstić information content (AvgIpc) is 3.37. The monoisotopic (exact) mass is 399 g/mol. The van der Waals surface area contributed by atoms with Crippen molar-refractivity contribution in [3.63, 3.8) is 0 Å². The quantitative estimate of drug-likeness (QED) is 0.768. The molecule has 1 unspecified atom stereocenters. The number of fused-ring (bicyclic) bond motifs is 1. The summed E-state index contributed by atoms with van der Waals surface area (Å²) in [5.41, 5.74) is 1.40. The number of likely N-dealkylation sites (tertiary alicyclic amines) is 1. The molecule has 7 heteroatoms. The van der Waals surface area contributed by atoms with Crippen molar-refractivity contribution in [1.82, 2.24) is 14.8 Å². The number of aromatic nitrogens is 1. The molecule has 0 aromatic carbocycles. The highest BCUT2D eigenvalue weighted by Gasteiger charge is 2.39. The molecule has 6 nitrogen and oxygen atoms in total.